The normalized spacial score (nSPS) is 12.1. The van der Waals surface area contributed by atoms with E-state index in [1.165, 1.54) is 11.3 Å². The van der Waals surface area contributed by atoms with Gasteiger partial charge in [0.2, 0.25) is 6.79 Å². The zero-order valence-corrected chi connectivity index (χ0v) is 16.1. The molecule has 1 aromatic heterocycles. The van der Waals surface area contributed by atoms with Gasteiger partial charge in [-0.3, -0.25) is 10.1 Å². The highest BCUT2D eigenvalue weighted by molar-refractivity contribution is 7.14. The van der Waals surface area contributed by atoms with Crippen LogP contribution in [0.4, 0.5) is 5.13 Å². The highest BCUT2D eigenvalue weighted by Crippen LogP contribution is 2.36. The first-order chi connectivity index (χ1) is 14.2. The van der Waals surface area contributed by atoms with Crippen LogP contribution in [-0.4, -0.2) is 24.3 Å². The van der Waals surface area contributed by atoms with Crippen molar-refractivity contribution in [1.82, 2.24) is 4.98 Å². The van der Waals surface area contributed by atoms with Crippen LogP contribution in [0.3, 0.4) is 0 Å². The molecule has 0 atom stereocenters. The Kier molecular flexibility index (Phi) is 4.50. The van der Waals surface area contributed by atoms with E-state index < -0.39 is 0 Å². The van der Waals surface area contributed by atoms with Crippen LogP contribution in [0.1, 0.15) is 0 Å². The average molecular weight is 404 g/mol. The van der Waals surface area contributed by atoms with Gasteiger partial charge < -0.3 is 14.2 Å². The number of hydrogen-bond acceptors (Lipinski definition) is 6. The molecule has 1 aliphatic heterocycles. The molecule has 5 rings (SSSR count). The van der Waals surface area contributed by atoms with Gasteiger partial charge in [-0.05, 0) is 41.1 Å². The van der Waals surface area contributed by atoms with Gasteiger partial charge >= 0.3 is 0 Å². The lowest BCUT2D eigenvalue weighted by atomic mass is 10.1. The topological polar surface area (TPSA) is 69.7 Å². The van der Waals surface area contributed by atoms with E-state index in [-0.39, 0.29) is 19.3 Å². The fraction of sp³-hybridized carbons (Fsp3) is 0.0909. The third kappa shape index (κ3) is 3.72. The first-order valence-electron chi connectivity index (χ1n) is 9.02. The zero-order chi connectivity index (χ0) is 19.6. The third-order valence-electron chi connectivity index (χ3n) is 4.51. The maximum Gasteiger partial charge on any atom is 0.264 e. The van der Waals surface area contributed by atoms with Crippen molar-refractivity contribution < 1.29 is 19.0 Å². The molecule has 29 heavy (non-hydrogen) atoms. The van der Waals surface area contributed by atoms with E-state index in [2.05, 4.69) is 10.3 Å². The van der Waals surface area contributed by atoms with E-state index in [0.29, 0.717) is 16.6 Å². The predicted octanol–water partition coefficient (Wildman–Crippen LogP) is 4.71. The van der Waals surface area contributed by atoms with Gasteiger partial charge in [0.15, 0.2) is 23.2 Å². The van der Waals surface area contributed by atoms with Crippen LogP contribution in [0.15, 0.2) is 66.0 Å². The molecule has 6 nitrogen and oxygen atoms in total. The summed E-state index contributed by atoms with van der Waals surface area (Å²) in [4.78, 5) is 16.7. The van der Waals surface area contributed by atoms with Crippen LogP contribution >= 0.6 is 11.3 Å². The summed E-state index contributed by atoms with van der Waals surface area (Å²) in [5.41, 5.74) is 1.66. The number of hydrogen-bond donors (Lipinski definition) is 1. The molecule has 0 spiro atoms. The molecule has 144 valence electrons. The minimum absolute atomic E-state index is 0.0860. The van der Waals surface area contributed by atoms with Crippen LogP contribution < -0.4 is 19.5 Å². The van der Waals surface area contributed by atoms with E-state index in [1.54, 1.807) is 0 Å². The minimum atomic E-state index is -0.259. The number of anilines is 1. The van der Waals surface area contributed by atoms with Gasteiger partial charge in [-0.1, -0.05) is 30.3 Å². The summed E-state index contributed by atoms with van der Waals surface area (Å²) < 4.78 is 16.3. The SMILES string of the molecule is O=C(COc1ccc2ccccc2c1)Nc1nc(-c2ccc3c(c2)OCO3)cs1. The van der Waals surface area contributed by atoms with Gasteiger partial charge in [0.1, 0.15) is 5.75 Å². The maximum atomic E-state index is 12.2. The first-order valence-corrected chi connectivity index (χ1v) is 9.89. The number of rotatable bonds is 5. The van der Waals surface area contributed by atoms with Crippen molar-refractivity contribution in [3.8, 4) is 28.5 Å². The number of amides is 1. The lowest BCUT2D eigenvalue weighted by Gasteiger charge is -2.07. The predicted molar refractivity (Wildman–Crippen MR) is 112 cm³/mol. The van der Waals surface area contributed by atoms with Crippen molar-refractivity contribution in [1.29, 1.82) is 0 Å². The molecule has 0 bridgehead atoms. The van der Waals surface area contributed by atoms with Gasteiger partial charge in [-0.25, -0.2) is 4.98 Å². The molecule has 3 aromatic carbocycles. The molecule has 7 heteroatoms. The van der Waals surface area contributed by atoms with Crippen molar-refractivity contribution in [2.24, 2.45) is 0 Å². The Balaban J connectivity index is 1.22. The van der Waals surface area contributed by atoms with Gasteiger partial charge in [0, 0.05) is 10.9 Å². The monoisotopic (exact) mass is 404 g/mol. The molecule has 0 radical (unpaired) electrons. The van der Waals surface area contributed by atoms with Crippen molar-refractivity contribution in [2.45, 2.75) is 0 Å². The molecular formula is C22H16N2O4S. The summed E-state index contributed by atoms with van der Waals surface area (Å²) in [5, 5.41) is 7.38. The van der Waals surface area contributed by atoms with Crippen LogP contribution in [-0.2, 0) is 4.79 Å². The maximum absolute atomic E-state index is 12.2. The van der Waals surface area contributed by atoms with Gasteiger partial charge in [0.05, 0.1) is 5.69 Å². The van der Waals surface area contributed by atoms with Crippen LogP contribution in [0.25, 0.3) is 22.0 Å². The Bertz CT molecular complexity index is 1200. The third-order valence-corrected chi connectivity index (χ3v) is 5.27. The number of carbonyl (C=O) groups excluding carboxylic acids is 1. The summed E-state index contributed by atoms with van der Waals surface area (Å²) in [6, 6.07) is 19.4. The van der Waals surface area contributed by atoms with E-state index in [9.17, 15) is 4.79 Å². The number of benzene rings is 3. The molecule has 1 aliphatic rings. The average Bonchev–Trinajstić information content (AvgIpc) is 3.41. The molecule has 0 unspecified atom stereocenters. The molecule has 0 saturated heterocycles. The highest BCUT2D eigenvalue weighted by Gasteiger charge is 2.15. The van der Waals surface area contributed by atoms with Gasteiger partial charge in [-0.2, -0.15) is 0 Å². The number of nitrogens with one attached hydrogen (secondary N) is 1. The van der Waals surface area contributed by atoms with Gasteiger partial charge in [0.25, 0.3) is 5.91 Å². The largest absolute Gasteiger partial charge is 0.484 e. The Labute approximate surface area is 170 Å². The lowest BCUT2D eigenvalue weighted by Crippen LogP contribution is -2.20. The Morgan fingerprint density at radius 2 is 1.90 bits per heavy atom. The van der Waals surface area contributed by atoms with E-state index in [0.717, 1.165) is 27.8 Å². The van der Waals surface area contributed by atoms with Crippen LogP contribution in [0.5, 0.6) is 17.2 Å². The van der Waals surface area contributed by atoms with Crippen molar-refractivity contribution in [3.05, 3.63) is 66.0 Å². The molecule has 0 fully saturated rings. The number of nitrogens with zero attached hydrogens (tertiary/aromatic N) is 1. The summed E-state index contributed by atoms with van der Waals surface area (Å²) in [6.45, 7) is 0.144. The van der Waals surface area contributed by atoms with E-state index >= 15 is 0 Å². The van der Waals surface area contributed by atoms with E-state index in [1.807, 2.05) is 66.0 Å². The Morgan fingerprint density at radius 1 is 1.03 bits per heavy atom. The minimum Gasteiger partial charge on any atom is -0.484 e. The van der Waals surface area contributed by atoms with E-state index in [4.69, 9.17) is 14.2 Å². The van der Waals surface area contributed by atoms with Gasteiger partial charge in [-0.15, -0.1) is 11.3 Å². The first kappa shape index (κ1) is 17.5. The second-order valence-electron chi connectivity index (χ2n) is 6.45. The highest BCUT2D eigenvalue weighted by atomic mass is 32.1. The molecular weight excluding hydrogens is 388 g/mol. The molecule has 1 N–H and O–H groups in total. The number of carbonyl (C=O) groups is 1. The number of fused-ring (bicyclic) bond motifs is 2. The lowest BCUT2D eigenvalue weighted by molar-refractivity contribution is -0.118. The van der Waals surface area contributed by atoms with Crippen molar-refractivity contribution >= 4 is 33.1 Å². The Hall–Kier alpha value is -3.58. The van der Waals surface area contributed by atoms with Crippen molar-refractivity contribution in [3.63, 3.8) is 0 Å². The molecule has 0 saturated carbocycles. The Morgan fingerprint density at radius 3 is 2.83 bits per heavy atom. The second kappa shape index (κ2) is 7.44. The zero-order valence-electron chi connectivity index (χ0n) is 15.3. The summed E-state index contributed by atoms with van der Waals surface area (Å²) in [6.07, 6.45) is 0. The quantitative estimate of drug-likeness (QED) is 0.522. The fourth-order valence-electron chi connectivity index (χ4n) is 3.08. The summed E-state index contributed by atoms with van der Waals surface area (Å²) in [5.74, 6) is 1.82. The second-order valence-corrected chi connectivity index (χ2v) is 7.31. The smallest absolute Gasteiger partial charge is 0.264 e. The number of aromatic nitrogens is 1. The fourth-order valence-corrected chi connectivity index (χ4v) is 3.82. The van der Waals surface area contributed by atoms with Crippen molar-refractivity contribution in [2.75, 3.05) is 18.7 Å². The molecule has 0 aliphatic carbocycles. The summed E-state index contributed by atoms with van der Waals surface area (Å²) >= 11 is 1.36. The standard InChI is InChI=1S/C22H16N2O4S/c25-21(11-26-17-7-5-14-3-1-2-4-15(14)9-17)24-22-23-18(12-29-22)16-6-8-19-20(10-16)28-13-27-19/h1-10,12H,11,13H2,(H,23,24,25). The number of ether oxygens (including phenoxy) is 3. The molecule has 1 amide bonds. The van der Waals surface area contributed by atoms with Crippen LogP contribution in [0.2, 0.25) is 0 Å². The van der Waals surface area contributed by atoms with Crippen LogP contribution in [0, 0.1) is 0 Å². The molecule has 4 aromatic rings. The number of thiazole rings is 1. The summed E-state index contributed by atoms with van der Waals surface area (Å²) in [7, 11) is 0. The molecule has 2 heterocycles.